The Morgan fingerprint density at radius 3 is 2.67 bits per heavy atom. The van der Waals surface area contributed by atoms with Crippen LogP contribution in [-0.4, -0.2) is 21.4 Å². The molecule has 1 fully saturated rings. The summed E-state index contributed by atoms with van der Waals surface area (Å²) in [5.41, 5.74) is 2.11. The molecule has 2 heterocycles. The Morgan fingerprint density at radius 1 is 1.19 bits per heavy atom. The molecule has 0 amide bonds. The van der Waals surface area contributed by atoms with Crippen LogP contribution >= 0.6 is 15.9 Å². The topological polar surface area (TPSA) is 44.2 Å². The molecule has 0 radical (unpaired) electrons. The fourth-order valence-electron chi connectivity index (χ4n) is 2.28. The van der Waals surface area contributed by atoms with Crippen molar-refractivity contribution < 1.29 is 9.47 Å². The van der Waals surface area contributed by atoms with E-state index >= 15 is 0 Å². The van der Waals surface area contributed by atoms with Crippen molar-refractivity contribution in [2.75, 3.05) is 6.61 Å². The minimum absolute atomic E-state index is 0.0753. The minimum atomic E-state index is 0.0753. The molecule has 0 spiro atoms. The van der Waals surface area contributed by atoms with Crippen molar-refractivity contribution in [3.05, 3.63) is 53.9 Å². The number of hydrogen-bond donors (Lipinski definition) is 0. The Hall–Kier alpha value is -1.46. The lowest BCUT2D eigenvalue weighted by Gasteiger charge is -2.26. The smallest absolute Gasteiger partial charge is 0.316 e. The SMILES string of the molecule is BrC1CCOC(c2cnc(OCc3ccccc3)nc2)C1. The molecule has 0 aliphatic carbocycles. The Balaban J connectivity index is 1.59. The van der Waals surface area contributed by atoms with Crippen LogP contribution in [0.1, 0.15) is 30.1 Å². The van der Waals surface area contributed by atoms with Crippen molar-refractivity contribution in [1.29, 1.82) is 0 Å². The summed E-state index contributed by atoms with van der Waals surface area (Å²) in [5, 5.41) is 0. The predicted octanol–water partition coefficient (Wildman–Crippen LogP) is 3.67. The second-order valence-electron chi connectivity index (χ2n) is 5.05. The van der Waals surface area contributed by atoms with Crippen LogP contribution in [0.2, 0.25) is 0 Å². The molecule has 3 rings (SSSR count). The van der Waals surface area contributed by atoms with Gasteiger partial charge in [0, 0.05) is 29.4 Å². The van der Waals surface area contributed by atoms with Gasteiger partial charge in [-0.15, -0.1) is 0 Å². The first-order valence-corrected chi connectivity index (χ1v) is 7.97. The maximum absolute atomic E-state index is 5.75. The number of aromatic nitrogens is 2. The van der Waals surface area contributed by atoms with Gasteiger partial charge in [0.15, 0.2) is 0 Å². The standard InChI is InChI=1S/C16H17BrN2O2/c17-14-6-7-20-15(8-14)13-9-18-16(19-10-13)21-11-12-4-2-1-3-5-12/h1-5,9-10,14-15H,6-8,11H2. The molecule has 0 saturated carbocycles. The second-order valence-corrected chi connectivity index (χ2v) is 6.35. The van der Waals surface area contributed by atoms with E-state index in [9.17, 15) is 0 Å². The maximum Gasteiger partial charge on any atom is 0.316 e. The highest BCUT2D eigenvalue weighted by Crippen LogP contribution is 2.31. The van der Waals surface area contributed by atoms with E-state index in [0.29, 0.717) is 17.4 Å². The van der Waals surface area contributed by atoms with Crippen molar-refractivity contribution >= 4 is 15.9 Å². The van der Waals surface area contributed by atoms with Gasteiger partial charge in [-0.1, -0.05) is 46.3 Å². The zero-order chi connectivity index (χ0) is 14.5. The van der Waals surface area contributed by atoms with Gasteiger partial charge >= 0.3 is 6.01 Å². The number of ether oxygens (including phenoxy) is 2. The molecule has 1 saturated heterocycles. The lowest BCUT2D eigenvalue weighted by molar-refractivity contribution is 0.0182. The summed E-state index contributed by atoms with van der Waals surface area (Å²) in [6.45, 7) is 1.25. The van der Waals surface area contributed by atoms with Gasteiger partial charge in [0.25, 0.3) is 0 Å². The van der Waals surface area contributed by atoms with Gasteiger partial charge in [-0.05, 0) is 18.4 Å². The first kappa shape index (κ1) is 14.5. The van der Waals surface area contributed by atoms with Gasteiger partial charge in [0.05, 0.1) is 6.10 Å². The zero-order valence-corrected chi connectivity index (χ0v) is 13.2. The quantitative estimate of drug-likeness (QED) is 0.790. The molecule has 1 aromatic heterocycles. The third kappa shape index (κ3) is 4.02. The maximum atomic E-state index is 5.75. The van der Waals surface area contributed by atoms with Gasteiger partial charge in [0.1, 0.15) is 6.61 Å². The molecular weight excluding hydrogens is 332 g/mol. The molecule has 1 aliphatic heterocycles. The largest absolute Gasteiger partial charge is 0.459 e. The summed E-state index contributed by atoms with van der Waals surface area (Å²) in [6.07, 6.45) is 5.67. The van der Waals surface area contributed by atoms with Gasteiger partial charge < -0.3 is 9.47 Å². The zero-order valence-electron chi connectivity index (χ0n) is 11.6. The Kier molecular flexibility index (Phi) is 4.83. The van der Waals surface area contributed by atoms with E-state index in [0.717, 1.165) is 30.6 Å². The Labute approximate surface area is 132 Å². The summed E-state index contributed by atoms with van der Waals surface area (Å²) in [4.78, 5) is 9.04. The molecule has 0 N–H and O–H groups in total. The van der Waals surface area contributed by atoms with Crippen LogP contribution in [0.3, 0.4) is 0 Å². The molecule has 2 aromatic rings. The van der Waals surface area contributed by atoms with Crippen LogP contribution in [0.15, 0.2) is 42.7 Å². The van der Waals surface area contributed by atoms with Gasteiger partial charge in [-0.25, -0.2) is 9.97 Å². The van der Waals surface area contributed by atoms with E-state index in [1.54, 1.807) is 12.4 Å². The highest BCUT2D eigenvalue weighted by atomic mass is 79.9. The van der Waals surface area contributed by atoms with E-state index in [1.165, 1.54) is 0 Å². The second kappa shape index (κ2) is 7.00. The van der Waals surface area contributed by atoms with E-state index in [-0.39, 0.29) is 6.10 Å². The third-order valence-electron chi connectivity index (χ3n) is 3.45. The summed E-state index contributed by atoms with van der Waals surface area (Å²) in [5.74, 6) is 0. The van der Waals surface area contributed by atoms with Gasteiger partial charge in [-0.3, -0.25) is 0 Å². The van der Waals surface area contributed by atoms with Crippen LogP contribution in [0.4, 0.5) is 0 Å². The summed E-state index contributed by atoms with van der Waals surface area (Å²) in [6, 6.07) is 10.4. The minimum Gasteiger partial charge on any atom is -0.459 e. The monoisotopic (exact) mass is 348 g/mol. The van der Waals surface area contributed by atoms with Crippen LogP contribution in [0, 0.1) is 0 Å². The molecular formula is C16H17BrN2O2. The van der Waals surface area contributed by atoms with E-state index < -0.39 is 0 Å². The van der Waals surface area contributed by atoms with Crippen LogP contribution in [0.25, 0.3) is 0 Å². The van der Waals surface area contributed by atoms with E-state index in [2.05, 4.69) is 25.9 Å². The highest BCUT2D eigenvalue weighted by Gasteiger charge is 2.22. The lowest BCUT2D eigenvalue weighted by atomic mass is 10.0. The van der Waals surface area contributed by atoms with Gasteiger partial charge in [-0.2, -0.15) is 0 Å². The average molecular weight is 349 g/mol. The van der Waals surface area contributed by atoms with Crippen molar-refractivity contribution in [2.24, 2.45) is 0 Å². The first-order chi connectivity index (χ1) is 10.3. The average Bonchev–Trinajstić information content (AvgIpc) is 2.54. The molecule has 0 bridgehead atoms. The van der Waals surface area contributed by atoms with E-state index in [1.807, 2.05) is 30.3 Å². The molecule has 21 heavy (non-hydrogen) atoms. The van der Waals surface area contributed by atoms with Crippen LogP contribution in [0.5, 0.6) is 6.01 Å². The summed E-state index contributed by atoms with van der Waals surface area (Å²) in [7, 11) is 0. The summed E-state index contributed by atoms with van der Waals surface area (Å²) >= 11 is 3.65. The normalized spacial score (nSPS) is 22.0. The molecule has 1 aromatic carbocycles. The molecule has 1 aliphatic rings. The van der Waals surface area contributed by atoms with Gasteiger partial charge in [0.2, 0.25) is 0 Å². The van der Waals surface area contributed by atoms with Crippen molar-refractivity contribution in [3.63, 3.8) is 0 Å². The van der Waals surface area contributed by atoms with E-state index in [4.69, 9.17) is 9.47 Å². The molecule has 5 heteroatoms. The number of halogens is 1. The predicted molar refractivity (Wildman–Crippen MR) is 83.4 cm³/mol. The highest BCUT2D eigenvalue weighted by molar-refractivity contribution is 9.09. The number of rotatable bonds is 4. The summed E-state index contributed by atoms with van der Waals surface area (Å²) < 4.78 is 11.3. The third-order valence-corrected chi connectivity index (χ3v) is 4.28. The molecule has 2 atom stereocenters. The molecule has 110 valence electrons. The number of nitrogens with zero attached hydrogens (tertiary/aromatic N) is 2. The van der Waals surface area contributed by atoms with Crippen molar-refractivity contribution in [3.8, 4) is 6.01 Å². The first-order valence-electron chi connectivity index (χ1n) is 7.05. The number of benzene rings is 1. The Morgan fingerprint density at radius 2 is 1.95 bits per heavy atom. The van der Waals surface area contributed by atoms with Crippen molar-refractivity contribution in [1.82, 2.24) is 9.97 Å². The Bertz CT molecular complexity index is 562. The molecule has 4 nitrogen and oxygen atoms in total. The lowest BCUT2D eigenvalue weighted by Crippen LogP contribution is -2.19. The number of alkyl halides is 1. The van der Waals surface area contributed by atoms with Crippen molar-refractivity contribution in [2.45, 2.75) is 30.4 Å². The number of hydrogen-bond acceptors (Lipinski definition) is 4. The fraction of sp³-hybridized carbons (Fsp3) is 0.375. The molecule has 2 unspecified atom stereocenters. The van der Waals surface area contributed by atoms with Crippen LogP contribution < -0.4 is 4.74 Å². The fourth-order valence-corrected chi connectivity index (χ4v) is 2.80. The van der Waals surface area contributed by atoms with Crippen LogP contribution in [-0.2, 0) is 11.3 Å².